The van der Waals surface area contributed by atoms with Gasteiger partial charge in [0.2, 0.25) is 5.91 Å². The Morgan fingerprint density at radius 3 is 2.82 bits per heavy atom. The van der Waals surface area contributed by atoms with E-state index in [1.165, 1.54) is 11.8 Å². The maximum Gasteiger partial charge on any atom is 0.257 e. The minimum Gasteiger partial charge on any atom is -0.431 e. The van der Waals surface area contributed by atoms with Crippen molar-refractivity contribution in [1.82, 2.24) is 4.98 Å². The number of nitrogens with zero attached hydrogens (tertiary/aromatic N) is 2. The molecule has 22 heavy (non-hydrogen) atoms. The number of nitrogens with one attached hydrogen (secondary N) is 1. The molecule has 3 aromatic rings. The summed E-state index contributed by atoms with van der Waals surface area (Å²) in [5.74, 6) is -0.0537. The van der Waals surface area contributed by atoms with Crippen LogP contribution >= 0.6 is 11.8 Å². The van der Waals surface area contributed by atoms with Gasteiger partial charge in [0, 0.05) is 0 Å². The van der Waals surface area contributed by atoms with E-state index in [0.717, 1.165) is 5.52 Å². The molecule has 1 aromatic heterocycles. The number of amides is 1. The lowest BCUT2D eigenvalue weighted by atomic mass is 10.2. The fourth-order valence-corrected chi connectivity index (χ4v) is 2.55. The number of carbonyl (C=O) groups excluding carboxylic acids is 1. The average molecular weight is 309 g/mol. The molecule has 5 nitrogen and oxygen atoms in total. The van der Waals surface area contributed by atoms with E-state index in [1.807, 2.05) is 30.3 Å². The predicted molar refractivity (Wildman–Crippen MR) is 84.5 cm³/mol. The van der Waals surface area contributed by atoms with E-state index in [0.29, 0.717) is 22.1 Å². The van der Waals surface area contributed by atoms with Gasteiger partial charge in [-0.15, -0.1) is 0 Å². The molecule has 0 saturated carbocycles. The van der Waals surface area contributed by atoms with Gasteiger partial charge in [0.25, 0.3) is 5.22 Å². The van der Waals surface area contributed by atoms with E-state index < -0.39 is 0 Å². The Balaban J connectivity index is 1.64. The summed E-state index contributed by atoms with van der Waals surface area (Å²) in [4.78, 5) is 16.2. The van der Waals surface area contributed by atoms with Crippen LogP contribution in [0.1, 0.15) is 5.56 Å². The average Bonchev–Trinajstić information content (AvgIpc) is 2.96. The molecule has 0 unspecified atom stereocenters. The first-order chi connectivity index (χ1) is 10.8. The van der Waals surface area contributed by atoms with Crippen LogP contribution in [-0.4, -0.2) is 16.6 Å². The fourth-order valence-electron chi connectivity index (χ4n) is 1.92. The van der Waals surface area contributed by atoms with E-state index in [2.05, 4.69) is 10.3 Å². The molecule has 0 aliphatic carbocycles. The Morgan fingerprint density at radius 1 is 1.23 bits per heavy atom. The van der Waals surface area contributed by atoms with E-state index >= 15 is 0 Å². The van der Waals surface area contributed by atoms with Gasteiger partial charge in [0.15, 0.2) is 5.58 Å². The number of carbonyl (C=O) groups is 1. The summed E-state index contributed by atoms with van der Waals surface area (Å²) in [6, 6.07) is 16.3. The van der Waals surface area contributed by atoms with Crippen molar-refractivity contribution in [2.45, 2.75) is 5.22 Å². The van der Waals surface area contributed by atoms with Gasteiger partial charge >= 0.3 is 0 Å². The summed E-state index contributed by atoms with van der Waals surface area (Å²) < 4.78 is 5.53. The maximum absolute atomic E-state index is 12.0. The number of hydrogen-bond acceptors (Lipinski definition) is 5. The van der Waals surface area contributed by atoms with E-state index in [9.17, 15) is 4.79 Å². The normalized spacial score (nSPS) is 10.3. The molecule has 0 bridgehead atoms. The largest absolute Gasteiger partial charge is 0.431 e. The van der Waals surface area contributed by atoms with E-state index in [1.54, 1.807) is 24.3 Å². The molecular weight excluding hydrogens is 298 g/mol. The lowest BCUT2D eigenvalue weighted by molar-refractivity contribution is -0.113. The first kappa shape index (κ1) is 14.2. The molecule has 0 spiro atoms. The van der Waals surface area contributed by atoms with Gasteiger partial charge in [0.05, 0.1) is 17.0 Å². The smallest absolute Gasteiger partial charge is 0.257 e. The Labute approximate surface area is 131 Å². The molecule has 1 amide bonds. The van der Waals surface area contributed by atoms with Crippen molar-refractivity contribution in [1.29, 1.82) is 5.26 Å². The molecular formula is C16H11N3O2S. The Hall–Kier alpha value is -2.78. The fraction of sp³-hybridized carbons (Fsp3) is 0.0625. The molecule has 0 aliphatic heterocycles. The van der Waals surface area contributed by atoms with Crippen molar-refractivity contribution >= 4 is 34.5 Å². The molecule has 0 saturated heterocycles. The molecule has 3 rings (SSSR count). The monoisotopic (exact) mass is 309 g/mol. The SMILES string of the molecule is N#Cc1ccccc1NC(=O)CSc1nc2ccccc2o1. The van der Waals surface area contributed by atoms with Crippen molar-refractivity contribution in [2.75, 3.05) is 11.1 Å². The van der Waals surface area contributed by atoms with Crippen LogP contribution in [0.2, 0.25) is 0 Å². The number of aromatic nitrogens is 1. The van der Waals surface area contributed by atoms with E-state index in [4.69, 9.17) is 9.68 Å². The summed E-state index contributed by atoms with van der Waals surface area (Å²) >= 11 is 1.21. The van der Waals surface area contributed by atoms with Gasteiger partial charge in [0.1, 0.15) is 11.6 Å². The van der Waals surface area contributed by atoms with Crippen molar-refractivity contribution in [2.24, 2.45) is 0 Å². The quantitative estimate of drug-likeness (QED) is 0.747. The number of anilines is 1. The van der Waals surface area contributed by atoms with Crippen LogP contribution in [0.3, 0.4) is 0 Å². The summed E-state index contributed by atoms with van der Waals surface area (Å²) in [6.07, 6.45) is 0. The zero-order valence-electron chi connectivity index (χ0n) is 11.4. The van der Waals surface area contributed by atoms with Gasteiger partial charge in [-0.25, -0.2) is 4.98 Å². The van der Waals surface area contributed by atoms with Crippen LogP contribution in [0.15, 0.2) is 58.2 Å². The Morgan fingerprint density at radius 2 is 2.00 bits per heavy atom. The standard InChI is InChI=1S/C16H11N3O2S/c17-9-11-5-1-2-6-12(11)18-15(20)10-22-16-19-13-7-3-4-8-14(13)21-16/h1-8H,10H2,(H,18,20). The topological polar surface area (TPSA) is 78.9 Å². The second-order valence-corrected chi connectivity index (χ2v) is 5.37. The third-order valence-electron chi connectivity index (χ3n) is 2.92. The van der Waals surface area contributed by atoms with Gasteiger partial charge in [-0.3, -0.25) is 4.79 Å². The second-order valence-electron chi connectivity index (χ2n) is 4.44. The number of benzene rings is 2. The number of fused-ring (bicyclic) bond motifs is 1. The van der Waals surface area contributed by atoms with Crippen molar-refractivity contribution < 1.29 is 9.21 Å². The predicted octanol–water partition coefficient (Wildman–Crippen LogP) is 3.43. The molecule has 2 aromatic carbocycles. The minimum absolute atomic E-state index is 0.159. The highest BCUT2D eigenvalue weighted by molar-refractivity contribution is 7.99. The van der Waals surface area contributed by atoms with Crippen LogP contribution in [0.5, 0.6) is 0 Å². The Bertz CT molecular complexity index is 834. The first-order valence-electron chi connectivity index (χ1n) is 6.53. The molecule has 1 heterocycles. The van der Waals surface area contributed by atoms with Crippen molar-refractivity contribution in [3.8, 4) is 6.07 Å². The lowest BCUT2D eigenvalue weighted by Crippen LogP contribution is -2.14. The summed E-state index contributed by atoms with van der Waals surface area (Å²) in [5.41, 5.74) is 2.40. The number of hydrogen-bond donors (Lipinski definition) is 1. The van der Waals surface area contributed by atoms with E-state index in [-0.39, 0.29) is 11.7 Å². The lowest BCUT2D eigenvalue weighted by Gasteiger charge is -2.05. The molecule has 0 aliphatic rings. The van der Waals surface area contributed by atoms with Crippen molar-refractivity contribution in [3.05, 3.63) is 54.1 Å². The molecule has 1 N–H and O–H groups in total. The summed E-state index contributed by atoms with van der Waals surface area (Å²) in [6.45, 7) is 0. The minimum atomic E-state index is -0.213. The number of nitriles is 1. The third-order valence-corrected chi connectivity index (χ3v) is 3.75. The number of thioether (sulfide) groups is 1. The highest BCUT2D eigenvalue weighted by atomic mass is 32.2. The third kappa shape index (κ3) is 3.10. The Kier molecular flexibility index (Phi) is 4.08. The highest BCUT2D eigenvalue weighted by Crippen LogP contribution is 2.23. The second kappa shape index (κ2) is 6.33. The molecule has 0 fully saturated rings. The number of para-hydroxylation sites is 3. The number of rotatable bonds is 4. The molecule has 108 valence electrons. The zero-order chi connectivity index (χ0) is 15.4. The van der Waals surface area contributed by atoms with Crippen LogP contribution < -0.4 is 5.32 Å². The van der Waals surface area contributed by atoms with Gasteiger partial charge in [-0.1, -0.05) is 36.0 Å². The maximum atomic E-state index is 12.0. The first-order valence-corrected chi connectivity index (χ1v) is 7.52. The van der Waals surface area contributed by atoms with Crippen LogP contribution in [0.4, 0.5) is 5.69 Å². The van der Waals surface area contributed by atoms with Gasteiger partial charge in [-0.05, 0) is 24.3 Å². The van der Waals surface area contributed by atoms with Gasteiger partial charge in [-0.2, -0.15) is 5.26 Å². The summed E-state index contributed by atoms with van der Waals surface area (Å²) in [7, 11) is 0. The summed E-state index contributed by atoms with van der Waals surface area (Å²) in [5, 5.41) is 12.2. The molecule has 0 atom stereocenters. The van der Waals surface area contributed by atoms with Gasteiger partial charge < -0.3 is 9.73 Å². The van der Waals surface area contributed by atoms with Crippen LogP contribution in [0, 0.1) is 11.3 Å². The highest BCUT2D eigenvalue weighted by Gasteiger charge is 2.10. The molecule has 0 radical (unpaired) electrons. The number of oxazole rings is 1. The van der Waals surface area contributed by atoms with Crippen molar-refractivity contribution in [3.63, 3.8) is 0 Å². The van der Waals surface area contributed by atoms with Crippen LogP contribution in [-0.2, 0) is 4.79 Å². The zero-order valence-corrected chi connectivity index (χ0v) is 12.3. The van der Waals surface area contributed by atoms with Crippen LogP contribution in [0.25, 0.3) is 11.1 Å². The molecule has 6 heteroatoms.